The molecule has 8 heteroatoms. The molecule has 1 amide bonds. The number of ether oxygens (including phenoxy) is 1. The molecule has 2 N–H and O–H groups in total. The molecule has 1 saturated heterocycles. The number of carbonyl (C=O) groups excluding carboxylic acids is 1. The number of carbonyl (C=O) groups is 1. The number of nitro groups is 1. The first-order valence-electron chi connectivity index (χ1n) is 9.26. The highest BCUT2D eigenvalue weighted by molar-refractivity contribution is 5.94. The van der Waals surface area contributed by atoms with Gasteiger partial charge in [-0.3, -0.25) is 14.9 Å². The van der Waals surface area contributed by atoms with Crippen molar-refractivity contribution in [2.24, 2.45) is 0 Å². The van der Waals surface area contributed by atoms with E-state index in [0.29, 0.717) is 25.2 Å². The van der Waals surface area contributed by atoms with Crippen molar-refractivity contribution in [3.63, 3.8) is 0 Å². The van der Waals surface area contributed by atoms with Crippen LogP contribution < -0.4 is 9.64 Å². The normalized spacial score (nSPS) is 15.8. The summed E-state index contributed by atoms with van der Waals surface area (Å²) in [6.07, 6.45) is -0.577. The maximum Gasteiger partial charge on any atom is 0.269 e. The van der Waals surface area contributed by atoms with Crippen LogP contribution >= 0.6 is 0 Å². The third-order valence-electron chi connectivity index (χ3n) is 4.79. The molecule has 0 radical (unpaired) electrons. The summed E-state index contributed by atoms with van der Waals surface area (Å²) in [6.45, 7) is 3.43. The summed E-state index contributed by atoms with van der Waals surface area (Å²) in [4.78, 5) is 25.7. The Balaban J connectivity index is 1.43. The summed E-state index contributed by atoms with van der Waals surface area (Å²) in [7, 11) is 0. The quantitative estimate of drug-likeness (QED) is 0.530. The molecule has 0 bridgehead atoms. The number of quaternary nitrogens is 1. The number of benzene rings is 2. The van der Waals surface area contributed by atoms with E-state index in [1.807, 2.05) is 30.3 Å². The van der Waals surface area contributed by atoms with Gasteiger partial charge in [0.25, 0.3) is 11.6 Å². The van der Waals surface area contributed by atoms with Crippen LogP contribution in [0, 0.1) is 10.1 Å². The summed E-state index contributed by atoms with van der Waals surface area (Å²) in [5, 5.41) is 20.9. The molecule has 8 nitrogen and oxygen atoms in total. The molecule has 3 rings (SSSR count). The molecule has 0 aliphatic carbocycles. The lowest BCUT2D eigenvalue weighted by Crippen LogP contribution is -3.16. The number of amides is 1. The van der Waals surface area contributed by atoms with Crippen LogP contribution in [0.5, 0.6) is 5.75 Å². The van der Waals surface area contributed by atoms with Crippen molar-refractivity contribution in [2.45, 2.75) is 6.10 Å². The minimum Gasteiger partial charge on any atom is -0.491 e. The monoisotopic (exact) mass is 386 g/mol. The Morgan fingerprint density at radius 2 is 1.79 bits per heavy atom. The van der Waals surface area contributed by atoms with Crippen LogP contribution in [0.15, 0.2) is 54.6 Å². The summed E-state index contributed by atoms with van der Waals surface area (Å²) < 4.78 is 5.58. The minimum absolute atomic E-state index is 0.0301. The molecule has 1 aliphatic rings. The number of nitro benzene ring substituents is 1. The molecule has 1 atom stereocenters. The van der Waals surface area contributed by atoms with Gasteiger partial charge < -0.3 is 19.6 Å². The number of nitrogens with one attached hydrogen (secondary N) is 1. The molecule has 1 heterocycles. The molecule has 0 spiro atoms. The third-order valence-corrected chi connectivity index (χ3v) is 4.79. The molecular weight excluding hydrogens is 362 g/mol. The Labute approximate surface area is 163 Å². The minimum atomic E-state index is -0.577. The lowest BCUT2D eigenvalue weighted by atomic mass is 10.1. The van der Waals surface area contributed by atoms with Gasteiger partial charge in [0.05, 0.1) is 31.1 Å². The third kappa shape index (κ3) is 5.28. The maximum atomic E-state index is 12.5. The molecule has 148 valence electrons. The molecular formula is C20H24N3O5+. The molecule has 0 aromatic heterocycles. The molecule has 2 aromatic carbocycles. The van der Waals surface area contributed by atoms with E-state index in [1.54, 1.807) is 4.90 Å². The molecule has 0 saturated carbocycles. The van der Waals surface area contributed by atoms with Crippen LogP contribution in [0.1, 0.15) is 10.4 Å². The van der Waals surface area contributed by atoms with Gasteiger partial charge in [0.15, 0.2) is 0 Å². The number of piperazine rings is 1. The van der Waals surface area contributed by atoms with Gasteiger partial charge in [-0.15, -0.1) is 0 Å². The van der Waals surface area contributed by atoms with E-state index in [2.05, 4.69) is 0 Å². The van der Waals surface area contributed by atoms with E-state index in [-0.39, 0.29) is 18.2 Å². The first kappa shape index (κ1) is 19.8. The first-order valence-corrected chi connectivity index (χ1v) is 9.26. The number of para-hydroxylation sites is 1. The largest absolute Gasteiger partial charge is 0.491 e. The highest BCUT2D eigenvalue weighted by Gasteiger charge is 2.26. The molecule has 2 aromatic rings. The van der Waals surface area contributed by atoms with Gasteiger partial charge in [0, 0.05) is 17.7 Å². The maximum absolute atomic E-state index is 12.5. The summed E-state index contributed by atoms with van der Waals surface area (Å²) in [5.74, 6) is 0.608. The van der Waals surface area contributed by atoms with Crippen LogP contribution in [-0.2, 0) is 0 Å². The Hall–Kier alpha value is -2.97. The van der Waals surface area contributed by atoms with Gasteiger partial charge in [-0.05, 0) is 24.3 Å². The van der Waals surface area contributed by atoms with Crippen molar-refractivity contribution < 1.29 is 24.5 Å². The van der Waals surface area contributed by atoms with E-state index in [0.717, 1.165) is 18.8 Å². The van der Waals surface area contributed by atoms with Gasteiger partial charge in [0.2, 0.25) is 0 Å². The topological polar surface area (TPSA) is 97.4 Å². The molecule has 1 fully saturated rings. The summed E-state index contributed by atoms with van der Waals surface area (Å²) >= 11 is 0. The lowest BCUT2D eigenvalue weighted by molar-refractivity contribution is -0.907. The number of rotatable bonds is 7. The predicted molar refractivity (Wildman–Crippen MR) is 103 cm³/mol. The second-order valence-corrected chi connectivity index (χ2v) is 6.83. The standard InChI is InChI=1S/C20H23N3O5/c24-18(15-28-19-4-2-1-3-5-19)14-21-10-12-22(13-11-21)20(25)16-6-8-17(9-7-16)23(26)27/h1-9,18,24H,10-15H2/p+1. The van der Waals surface area contributed by atoms with Crippen LogP contribution in [-0.4, -0.2) is 66.3 Å². The van der Waals surface area contributed by atoms with E-state index in [1.165, 1.54) is 29.2 Å². The number of nitrogens with zero attached hydrogens (tertiary/aromatic N) is 2. The zero-order valence-corrected chi connectivity index (χ0v) is 15.5. The van der Waals surface area contributed by atoms with Gasteiger partial charge in [-0.25, -0.2) is 0 Å². The fourth-order valence-electron chi connectivity index (χ4n) is 3.24. The van der Waals surface area contributed by atoms with Crippen LogP contribution in [0.2, 0.25) is 0 Å². The predicted octanol–water partition coefficient (Wildman–Crippen LogP) is 0.375. The number of aliphatic hydroxyl groups excluding tert-OH is 1. The Bertz CT molecular complexity index is 789. The van der Waals surface area contributed by atoms with E-state index >= 15 is 0 Å². The molecule has 1 unspecified atom stereocenters. The average molecular weight is 386 g/mol. The number of hydrogen-bond donors (Lipinski definition) is 2. The van der Waals surface area contributed by atoms with E-state index in [9.17, 15) is 20.0 Å². The van der Waals surface area contributed by atoms with Crippen LogP contribution in [0.25, 0.3) is 0 Å². The lowest BCUT2D eigenvalue weighted by Gasteiger charge is -2.33. The summed E-state index contributed by atoms with van der Waals surface area (Å²) in [5.41, 5.74) is 0.419. The van der Waals surface area contributed by atoms with Crippen molar-refractivity contribution in [3.05, 3.63) is 70.3 Å². The van der Waals surface area contributed by atoms with Gasteiger partial charge in [-0.1, -0.05) is 18.2 Å². The fourth-order valence-corrected chi connectivity index (χ4v) is 3.24. The number of hydrogen-bond acceptors (Lipinski definition) is 5. The van der Waals surface area contributed by atoms with Gasteiger partial charge >= 0.3 is 0 Å². The molecule has 28 heavy (non-hydrogen) atoms. The molecule has 1 aliphatic heterocycles. The number of non-ortho nitro benzene ring substituents is 1. The van der Waals surface area contributed by atoms with E-state index in [4.69, 9.17) is 4.74 Å². The van der Waals surface area contributed by atoms with Crippen molar-refractivity contribution in [1.29, 1.82) is 0 Å². The Morgan fingerprint density at radius 3 is 2.39 bits per heavy atom. The van der Waals surface area contributed by atoms with Gasteiger partial charge in [0.1, 0.15) is 25.0 Å². The van der Waals surface area contributed by atoms with Crippen molar-refractivity contribution in [1.82, 2.24) is 4.90 Å². The highest BCUT2D eigenvalue weighted by atomic mass is 16.6. The number of aliphatic hydroxyl groups is 1. The van der Waals surface area contributed by atoms with Crippen molar-refractivity contribution in [3.8, 4) is 5.75 Å². The smallest absolute Gasteiger partial charge is 0.269 e. The zero-order chi connectivity index (χ0) is 19.9. The SMILES string of the molecule is O=C(c1ccc([N+](=O)[O-])cc1)N1CC[NH+](CC(O)COc2ccccc2)CC1. The van der Waals surface area contributed by atoms with Gasteiger partial charge in [-0.2, -0.15) is 0 Å². The second kappa shape index (κ2) is 9.29. The zero-order valence-electron chi connectivity index (χ0n) is 15.5. The van der Waals surface area contributed by atoms with Crippen LogP contribution in [0.3, 0.4) is 0 Å². The second-order valence-electron chi connectivity index (χ2n) is 6.83. The van der Waals surface area contributed by atoms with Crippen molar-refractivity contribution >= 4 is 11.6 Å². The Morgan fingerprint density at radius 1 is 1.14 bits per heavy atom. The average Bonchev–Trinajstić information content (AvgIpc) is 2.73. The van der Waals surface area contributed by atoms with Crippen molar-refractivity contribution in [2.75, 3.05) is 39.3 Å². The fraction of sp³-hybridized carbons (Fsp3) is 0.350. The van der Waals surface area contributed by atoms with E-state index < -0.39 is 11.0 Å². The summed E-state index contributed by atoms with van der Waals surface area (Å²) in [6, 6.07) is 15.0. The first-order chi connectivity index (χ1) is 13.5. The highest BCUT2D eigenvalue weighted by Crippen LogP contribution is 2.13. The van der Waals surface area contributed by atoms with Crippen LogP contribution in [0.4, 0.5) is 5.69 Å². The Kier molecular flexibility index (Phi) is 6.57.